The van der Waals surface area contributed by atoms with Gasteiger partial charge >= 0.3 is 0 Å². The van der Waals surface area contributed by atoms with E-state index in [1.54, 1.807) is 0 Å². The highest BCUT2D eigenvalue weighted by Gasteiger charge is 2.25. The van der Waals surface area contributed by atoms with Crippen LogP contribution in [0, 0.1) is 10.7 Å². The first-order valence-electron chi connectivity index (χ1n) is 6.05. The van der Waals surface area contributed by atoms with Crippen LogP contribution in [0.2, 0.25) is 0 Å². The summed E-state index contributed by atoms with van der Waals surface area (Å²) in [5.74, 6) is 1.82. The number of hydrogen-bond donors (Lipinski definition) is 1. The molecule has 90 valence electrons. The summed E-state index contributed by atoms with van der Waals surface area (Å²) in [7, 11) is 0. The van der Waals surface area contributed by atoms with Crippen LogP contribution in [0.5, 0.6) is 0 Å². The number of aromatic amines is 1. The van der Waals surface area contributed by atoms with Crippen molar-refractivity contribution < 1.29 is 0 Å². The maximum absolute atomic E-state index is 5.26. The molecule has 0 spiro atoms. The molecule has 0 amide bonds. The zero-order valence-electron chi connectivity index (χ0n) is 10.2. The number of nitrogens with one attached hydrogen (secondary N) is 1. The van der Waals surface area contributed by atoms with Gasteiger partial charge in [0.15, 0.2) is 4.77 Å². The molecule has 16 heavy (non-hydrogen) atoms. The molecule has 2 heterocycles. The summed E-state index contributed by atoms with van der Waals surface area (Å²) in [5.41, 5.74) is 0. The summed E-state index contributed by atoms with van der Waals surface area (Å²) < 4.78 is 2.83. The molecule has 1 atom stereocenters. The highest BCUT2D eigenvalue weighted by atomic mass is 32.1. The number of hydrogen-bond acceptors (Lipinski definition) is 3. The van der Waals surface area contributed by atoms with Gasteiger partial charge in [0, 0.05) is 19.1 Å². The van der Waals surface area contributed by atoms with Crippen LogP contribution in [-0.4, -0.2) is 27.9 Å². The maximum atomic E-state index is 5.26. The summed E-state index contributed by atoms with van der Waals surface area (Å²) >= 11 is 5.26. The topological polar surface area (TPSA) is 36.9 Å². The Labute approximate surface area is 102 Å². The molecule has 1 aromatic heterocycles. The standard InChI is InChI=1S/C11H20N4S/c1-4-9-5-6-14(7-9)10-12-13-11(16)15(10)8(2)3/h8-9H,4-7H2,1-3H3,(H,13,16). The highest BCUT2D eigenvalue weighted by molar-refractivity contribution is 7.71. The molecule has 5 heteroatoms. The number of rotatable bonds is 3. The Bertz CT molecular complexity index is 406. The summed E-state index contributed by atoms with van der Waals surface area (Å²) in [5, 5.41) is 7.26. The SMILES string of the molecule is CCC1CCN(c2n[nH]c(=S)n2C(C)C)C1. The van der Waals surface area contributed by atoms with Gasteiger partial charge < -0.3 is 4.90 Å². The van der Waals surface area contributed by atoms with E-state index >= 15 is 0 Å². The van der Waals surface area contributed by atoms with Crippen LogP contribution in [-0.2, 0) is 0 Å². The van der Waals surface area contributed by atoms with Crippen LogP contribution >= 0.6 is 12.2 Å². The van der Waals surface area contributed by atoms with Gasteiger partial charge in [-0.3, -0.25) is 4.57 Å². The Morgan fingerprint density at radius 3 is 2.88 bits per heavy atom. The van der Waals surface area contributed by atoms with E-state index in [2.05, 4.69) is 40.4 Å². The molecular weight excluding hydrogens is 220 g/mol. The van der Waals surface area contributed by atoms with Gasteiger partial charge in [-0.15, -0.1) is 5.10 Å². The average Bonchev–Trinajstić information content (AvgIpc) is 2.82. The van der Waals surface area contributed by atoms with E-state index < -0.39 is 0 Å². The van der Waals surface area contributed by atoms with Crippen molar-refractivity contribution in [2.75, 3.05) is 18.0 Å². The highest BCUT2D eigenvalue weighted by Crippen LogP contribution is 2.25. The van der Waals surface area contributed by atoms with Gasteiger partial charge in [-0.05, 0) is 38.4 Å². The Kier molecular flexibility index (Phi) is 3.33. The summed E-state index contributed by atoms with van der Waals surface area (Å²) in [6.07, 6.45) is 2.53. The summed E-state index contributed by atoms with van der Waals surface area (Å²) in [6, 6.07) is 0.363. The van der Waals surface area contributed by atoms with Crippen molar-refractivity contribution in [1.29, 1.82) is 0 Å². The van der Waals surface area contributed by atoms with Gasteiger partial charge in [-0.2, -0.15) is 0 Å². The van der Waals surface area contributed by atoms with E-state index in [1.807, 2.05) is 0 Å². The van der Waals surface area contributed by atoms with E-state index in [0.29, 0.717) is 6.04 Å². The van der Waals surface area contributed by atoms with E-state index in [4.69, 9.17) is 12.2 Å². The molecule has 4 nitrogen and oxygen atoms in total. The predicted octanol–water partition coefficient (Wildman–Crippen LogP) is 2.76. The lowest BCUT2D eigenvalue weighted by Gasteiger charge is -2.19. The fraction of sp³-hybridized carbons (Fsp3) is 0.818. The first-order chi connectivity index (χ1) is 7.63. The molecule has 0 aromatic carbocycles. The quantitative estimate of drug-likeness (QED) is 0.825. The molecule has 0 bridgehead atoms. The molecule has 1 fully saturated rings. The third-order valence-corrected chi connectivity index (χ3v) is 3.64. The van der Waals surface area contributed by atoms with Crippen molar-refractivity contribution in [2.45, 2.75) is 39.7 Å². The van der Waals surface area contributed by atoms with E-state index in [1.165, 1.54) is 12.8 Å². The number of aromatic nitrogens is 3. The van der Waals surface area contributed by atoms with E-state index in [-0.39, 0.29) is 0 Å². The Balaban J connectivity index is 2.25. The van der Waals surface area contributed by atoms with Gasteiger partial charge in [0.1, 0.15) is 0 Å². The molecule has 1 aliphatic heterocycles. The van der Waals surface area contributed by atoms with Crippen molar-refractivity contribution in [3.63, 3.8) is 0 Å². The normalized spacial score (nSPS) is 21.0. The Morgan fingerprint density at radius 1 is 1.56 bits per heavy atom. The van der Waals surface area contributed by atoms with Crippen LogP contribution in [0.4, 0.5) is 5.95 Å². The molecule has 0 saturated carbocycles. The van der Waals surface area contributed by atoms with E-state index in [0.717, 1.165) is 29.7 Å². The Hall–Kier alpha value is -0.840. The third-order valence-electron chi connectivity index (χ3n) is 3.35. The van der Waals surface area contributed by atoms with Crippen LogP contribution in [0.1, 0.15) is 39.7 Å². The minimum Gasteiger partial charge on any atom is -0.341 e. The molecule has 2 rings (SSSR count). The second kappa shape index (κ2) is 4.57. The first kappa shape index (κ1) is 11.6. The molecule has 0 radical (unpaired) electrons. The lowest BCUT2D eigenvalue weighted by molar-refractivity contribution is 0.559. The van der Waals surface area contributed by atoms with Gasteiger partial charge in [0.05, 0.1) is 0 Å². The van der Waals surface area contributed by atoms with E-state index in [9.17, 15) is 0 Å². The van der Waals surface area contributed by atoms with Crippen LogP contribution < -0.4 is 4.90 Å². The molecule has 1 saturated heterocycles. The van der Waals surface area contributed by atoms with Crippen LogP contribution in [0.15, 0.2) is 0 Å². The monoisotopic (exact) mass is 240 g/mol. The molecule has 0 aliphatic carbocycles. The van der Waals surface area contributed by atoms with Gasteiger partial charge in [0.25, 0.3) is 0 Å². The second-order valence-corrected chi connectivity index (χ2v) is 5.19. The van der Waals surface area contributed by atoms with Gasteiger partial charge in [-0.1, -0.05) is 13.3 Å². The molecular formula is C11H20N4S. The lowest BCUT2D eigenvalue weighted by Crippen LogP contribution is -2.24. The molecule has 1 N–H and O–H groups in total. The van der Waals surface area contributed by atoms with Crippen LogP contribution in [0.25, 0.3) is 0 Å². The fourth-order valence-corrected chi connectivity index (χ4v) is 2.67. The molecule has 1 aromatic rings. The number of H-pyrrole nitrogens is 1. The van der Waals surface area contributed by atoms with Crippen molar-refractivity contribution in [3.05, 3.63) is 4.77 Å². The largest absolute Gasteiger partial charge is 0.341 e. The number of anilines is 1. The van der Waals surface area contributed by atoms with Gasteiger partial charge in [0.2, 0.25) is 5.95 Å². The van der Waals surface area contributed by atoms with Crippen molar-refractivity contribution >= 4 is 18.2 Å². The summed E-state index contributed by atoms with van der Waals surface area (Å²) in [4.78, 5) is 2.35. The first-order valence-corrected chi connectivity index (χ1v) is 6.46. The zero-order chi connectivity index (χ0) is 11.7. The fourth-order valence-electron chi connectivity index (χ4n) is 2.33. The third kappa shape index (κ3) is 2.00. The van der Waals surface area contributed by atoms with Gasteiger partial charge in [-0.25, -0.2) is 5.10 Å². The minimum absolute atomic E-state index is 0.363. The Morgan fingerprint density at radius 2 is 2.31 bits per heavy atom. The average molecular weight is 240 g/mol. The van der Waals surface area contributed by atoms with Crippen molar-refractivity contribution in [3.8, 4) is 0 Å². The second-order valence-electron chi connectivity index (χ2n) is 4.80. The van der Waals surface area contributed by atoms with Crippen molar-refractivity contribution in [1.82, 2.24) is 14.8 Å². The lowest BCUT2D eigenvalue weighted by atomic mass is 10.1. The molecule has 1 unspecified atom stereocenters. The predicted molar refractivity (Wildman–Crippen MR) is 68.4 cm³/mol. The smallest absolute Gasteiger partial charge is 0.225 e. The zero-order valence-corrected chi connectivity index (χ0v) is 11.0. The summed E-state index contributed by atoms with van der Waals surface area (Å²) in [6.45, 7) is 8.76. The van der Waals surface area contributed by atoms with Crippen LogP contribution in [0.3, 0.4) is 0 Å². The number of nitrogens with zero attached hydrogens (tertiary/aromatic N) is 3. The molecule has 1 aliphatic rings. The minimum atomic E-state index is 0.363. The maximum Gasteiger partial charge on any atom is 0.225 e. The van der Waals surface area contributed by atoms with Crippen molar-refractivity contribution in [2.24, 2.45) is 5.92 Å².